The third-order valence-electron chi connectivity index (χ3n) is 3.75. The van der Waals surface area contributed by atoms with E-state index in [0.717, 1.165) is 22.6 Å². The van der Waals surface area contributed by atoms with E-state index in [9.17, 15) is 5.11 Å². The summed E-state index contributed by atoms with van der Waals surface area (Å²) in [6.07, 6.45) is 1.85. The van der Waals surface area contributed by atoms with Crippen LogP contribution < -0.4 is 5.32 Å². The number of aliphatic hydroxyl groups is 1. The Morgan fingerprint density at radius 1 is 1.24 bits per heavy atom. The summed E-state index contributed by atoms with van der Waals surface area (Å²) >= 11 is 0. The van der Waals surface area contributed by atoms with Gasteiger partial charge in [0.05, 0.1) is 5.60 Å². The van der Waals surface area contributed by atoms with Crippen molar-refractivity contribution in [3.8, 4) is 0 Å². The molecular weight excluding hydrogens is 262 g/mol. The minimum atomic E-state index is -0.908. The second-order valence-corrected chi connectivity index (χ2v) is 5.70. The molecule has 1 heterocycles. The van der Waals surface area contributed by atoms with Gasteiger partial charge in [-0.2, -0.15) is 0 Å². The number of nitrogens with zero attached hydrogens (tertiary/aromatic N) is 2. The van der Waals surface area contributed by atoms with Crippen molar-refractivity contribution in [1.82, 2.24) is 15.3 Å². The molecule has 0 bridgehead atoms. The second kappa shape index (κ2) is 6.33. The maximum Gasteiger partial charge on any atom is 0.125 e. The third kappa shape index (κ3) is 3.86. The monoisotopic (exact) mass is 285 g/mol. The molecule has 4 heteroatoms. The van der Waals surface area contributed by atoms with Gasteiger partial charge in [-0.15, -0.1) is 0 Å². The molecule has 0 spiro atoms. The van der Waals surface area contributed by atoms with E-state index in [-0.39, 0.29) is 6.04 Å². The summed E-state index contributed by atoms with van der Waals surface area (Å²) in [5.74, 6) is 0.778. The summed E-state index contributed by atoms with van der Waals surface area (Å²) in [7, 11) is 0. The fourth-order valence-electron chi connectivity index (χ4n) is 2.38. The molecule has 0 aliphatic heterocycles. The number of aryl methyl sites for hydroxylation is 2. The molecule has 1 aromatic carbocycles. The standard InChI is InChI=1S/C17H23N3O/c1-12(16-10-18-14(3)20-13(16)2)19-11-17(4,21)15-8-6-5-7-9-15/h5-10,12,19,21H,11H2,1-4H3. The average molecular weight is 285 g/mol. The highest BCUT2D eigenvalue weighted by molar-refractivity contribution is 5.23. The van der Waals surface area contributed by atoms with Gasteiger partial charge in [0.1, 0.15) is 5.82 Å². The molecule has 2 unspecified atom stereocenters. The van der Waals surface area contributed by atoms with Gasteiger partial charge in [0, 0.05) is 30.0 Å². The Labute approximate surface area is 126 Å². The van der Waals surface area contributed by atoms with Crippen LogP contribution in [0.2, 0.25) is 0 Å². The Morgan fingerprint density at radius 3 is 2.52 bits per heavy atom. The van der Waals surface area contributed by atoms with Gasteiger partial charge < -0.3 is 10.4 Å². The second-order valence-electron chi connectivity index (χ2n) is 5.70. The summed E-state index contributed by atoms with van der Waals surface area (Å²) in [5, 5.41) is 14.0. The van der Waals surface area contributed by atoms with Gasteiger partial charge in [-0.25, -0.2) is 9.97 Å². The summed E-state index contributed by atoms with van der Waals surface area (Å²) in [4.78, 5) is 8.63. The van der Waals surface area contributed by atoms with Crippen LogP contribution in [0.5, 0.6) is 0 Å². The van der Waals surface area contributed by atoms with Gasteiger partial charge in [0.15, 0.2) is 0 Å². The highest BCUT2D eigenvalue weighted by Gasteiger charge is 2.23. The van der Waals surface area contributed by atoms with E-state index in [2.05, 4.69) is 22.2 Å². The predicted molar refractivity (Wildman–Crippen MR) is 83.9 cm³/mol. The number of hydrogen-bond donors (Lipinski definition) is 2. The van der Waals surface area contributed by atoms with E-state index < -0.39 is 5.60 Å². The first-order valence-corrected chi connectivity index (χ1v) is 7.21. The van der Waals surface area contributed by atoms with Crippen molar-refractivity contribution in [1.29, 1.82) is 0 Å². The maximum absolute atomic E-state index is 10.6. The summed E-state index contributed by atoms with van der Waals surface area (Å²) < 4.78 is 0. The van der Waals surface area contributed by atoms with Crippen LogP contribution in [0.25, 0.3) is 0 Å². The summed E-state index contributed by atoms with van der Waals surface area (Å²) in [6.45, 7) is 8.21. The molecule has 2 aromatic rings. The van der Waals surface area contributed by atoms with Gasteiger partial charge in [-0.1, -0.05) is 30.3 Å². The van der Waals surface area contributed by atoms with Crippen molar-refractivity contribution in [2.75, 3.05) is 6.54 Å². The van der Waals surface area contributed by atoms with Gasteiger partial charge in [0.25, 0.3) is 0 Å². The van der Waals surface area contributed by atoms with E-state index in [1.165, 1.54) is 0 Å². The smallest absolute Gasteiger partial charge is 0.125 e. The number of nitrogens with one attached hydrogen (secondary N) is 1. The lowest BCUT2D eigenvalue weighted by Crippen LogP contribution is -2.36. The molecule has 2 rings (SSSR count). The Morgan fingerprint density at radius 2 is 1.90 bits per heavy atom. The molecular formula is C17H23N3O. The Hall–Kier alpha value is -1.78. The summed E-state index contributed by atoms with van der Waals surface area (Å²) in [5.41, 5.74) is 2.03. The first-order chi connectivity index (χ1) is 9.90. The van der Waals surface area contributed by atoms with E-state index in [1.54, 1.807) is 0 Å². The normalized spacial score (nSPS) is 15.5. The zero-order valence-electron chi connectivity index (χ0n) is 13.1. The van der Waals surface area contributed by atoms with Gasteiger partial charge >= 0.3 is 0 Å². The van der Waals surface area contributed by atoms with E-state index >= 15 is 0 Å². The third-order valence-corrected chi connectivity index (χ3v) is 3.75. The zero-order valence-corrected chi connectivity index (χ0v) is 13.1. The average Bonchev–Trinajstić information content (AvgIpc) is 2.46. The molecule has 0 radical (unpaired) electrons. The predicted octanol–water partition coefficient (Wildman–Crippen LogP) is 2.65. The number of benzene rings is 1. The van der Waals surface area contributed by atoms with E-state index in [4.69, 9.17) is 0 Å². The fourth-order valence-corrected chi connectivity index (χ4v) is 2.38. The Balaban J connectivity index is 2.05. The number of aromatic nitrogens is 2. The minimum absolute atomic E-state index is 0.0841. The van der Waals surface area contributed by atoms with Crippen LogP contribution in [0.1, 0.15) is 42.5 Å². The molecule has 0 aliphatic rings. The van der Waals surface area contributed by atoms with Crippen molar-refractivity contribution in [2.24, 2.45) is 0 Å². The number of hydrogen-bond acceptors (Lipinski definition) is 4. The molecule has 0 saturated carbocycles. The lowest BCUT2D eigenvalue weighted by Gasteiger charge is -2.27. The van der Waals surface area contributed by atoms with E-state index in [0.29, 0.717) is 6.54 Å². The Bertz CT molecular complexity index is 596. The molecule has 4 nitrogen and oxygen atoms in total. The molecule has 0 amide bonds. The largest absolute Gasteiger partial charge is 0.384 e. The van der Waals surface area contributed by atoms with Crippen molar-refractivity contribution in [2.45, 2.75) is 39.3 Å². The Kier molecular flexibility index (Phi) is 4.70. The van der Waals surface area contributed by atoms with Gasteiger partial charge in [-0.05, 0) is 33.3 Å². The van der Waals surface area contributed by atoms with Crippen LogP contribution in [0.15, 0.2) is 36.5 Å². The van der Waals surface area contributed by atoms with Gasteiger partial charge in [-0.3, -0.25) is 0 Å². The van der Waals surface area contributed by atoms with Crippen LogP contribution in [-0.2, 0) is 5.60 Å². The number of rotatable bonds is 5. The molecule has 2 N–H and O–H groups in total. The van der Waals surface area contributed by atoms with Crippen LogP contribution in [-0.4, -0.2) is 21.6 Å². The first-order valence-electron chi connectivity index (χ1n) is 7.21. The van der Waals surface area contributed by atoms with Gasteiger partial charge in [0.2, 0.25) is 0 Å². The van der Waals surface area contributed by atoms with Crippen LogP contribution in [0.3, 0.4) is 0 Å². The molecule has 0 aliphatic carbocycles. The highest BCUT2D eigenvalue weighted by Crippen LogP contribution is 2.21. The molecule has 112 valence electrons. The molecule has 2 atom stereocenters. The maximum atomic E-state index is 10.6. The lowest BCUT2D eigenvalue weighted by molar-refractivity contribution is 0.0543. The molecule has 1 aromatic heterocycles. The first kappa shape index (κ1) is 15.6. The lowest BCUT2D eigenvalue weighted by atomic mass is 9.95. The zero-order chi connectivity index (χ0) is 15.5. The molecule has 0 saturated heterocycles. The molecule has 0 fully saturated rings. The minimum Gasteiger partial charge on any atom is -0.384 e. The molecule has 21 heavy (non-hydrogen) atoms. The van der Waals surface area contributed by atoms with Crippen molar-refractivity contribution >= 4 is 0 Å². The quantitative estimate of drug-likeness (QED) is 0.886. The van der Waals surface area contributed by atoms with Crippen LogP contribution >= 0.6 is 0 Å². The topological polar surface area (TPSA) is 58.0 Å². The van der Waals surface area contributed by atoms with Crippen molar-refractivity contribution in [3.05, 3.63) is 59.2 Å². The van der Waals surface area contributed by atoms with Crippen LogP contribution in [0.4, 0.5) is 0 Å². The van der Waals surface area contributed by atoms with Crippen molar-refractivity contribution in [3.63, 3.8) is 0 Å². The highest BCUT2D eigenvalue weighted by atomic mass is 16.3. The fraction of sp³-hybridized carbons (Fsp3) is 0.412. The summed E-state index contributed by atoms with van der Waals surface area (Å²) in [6, 6.07) is 9.78. The SMILES string of the molecule is Cc1ncc(C(C)NCC(C)(O)c2ccccc2)c(C)n1. The van der Waals surface area contributed by atoms with Crippen molar-refractivity contribution < 1.29 is 5.11 Å². The van der Waals surface area contributed by atoms with E-state index in [1.807, 2.05) is 57.3 Å². The van der Waals surface area contributed by atoms with Crippen LogP contribution in [0, 0.1) is 13.8 Å².